The first-order valence-electron chi connectivity index (χ1n) is 9.79. The van der Waals surface area contributed by atoms with Gasteiger partial charge < -0.3 is 15.8 Å². The summed E-state index contributed by atoms with van der Waals surface area (Å²) in [4.78, 5) is 25.7. The fourth-order valence-corrected chi connectivity index (χ4v) is 3.49. The van der Waals surface area contributed by atoms with Crippen LogP contribution in [0.3, 0.4) is 0 Å². The number of methoxy groups -OCH3 is 1. The molecule has 0 spiro atoms. The van der Waals surface area contributed by atoms with E-state index in [9.17, 15) is 9.59 Å². The number of benzene rings is 3. The minimum atomic E-state index is -0.976. The molecule has 0 aliphatic heterocycles. The van der Waals surface area contributed by atoms with Crippen LogP contribution in [0.5, 0.6) is 5.75 Å². The minimum Gasteiger partial charge on any atom is -0.497 e. The van der Waals surface area contributed by atoms with Gasteiger partial charge in [0.05, 0.1) is 12.5 Å². The summed E-state index contributed by atoms with van der Waals surface area (Å²) in [6.45, 7) is 1.86. The van der Waals surface area contributed by atoms with Gasteiger partial charge in [0.15, 0.2) is 0 Å². The summed E-state index contributed by atoms with van der Waals surface area (Å²) < 4.78 is 5.17. The number of nitrogens with one attached hydrogen (secondary N) is 1. The lowest BCUT2D eigenvalue weighted by molar-refractivity contribution is -0.129. The van der Waals surface area contributed by atoms with Crippen LogP contribution >= 0.6 is 0 Å². The number of rotatable bonds is 8. The summed E-state index contributed by atoms with van der Waals surface area (Å²) >= 11 is 0. The summed E-state index contributed by atoms with van der Waals surface area (Å²) in [5, 5.41) is 2.89. The van der Waals surface area contributed by atoms with E-state index in [2.05, 4.69) is 5.32 Å². The molecule has 5 heteroatoms. The Kier molecular flexibility index (Phi) is 6.52. The predicted octanol–water partition coefficient (Wildman–Crippen LogP) is 3.21. The molecule has 0 aliphatic carbocycles. The Labute approximate surface area is 176 Å². The van der Waals surface area contributed by atoms with Crippen LogP contribution in [-0.4, -0.2) is 25.0 Å². The summed E-state index contributed by atoms with van der Waals surface area (Å²) in [5.41, 5.74) is 7.20. The van der Waals surface area contributed by atoms with Gasteiger partial charge in [0.2, 0.25) is 11.8 Å². The highest BCUT2D eigenvalue weighted by molar-refractivity contribution is 5.95. The summed E-state index contributed by atoms with van der Waals surface area (Å²) in [6.07, 6.45) is 0.296. The molecule has 3 aromatic rings. The van der Waals surface area contributed by atoms with Crippen molar-refractivity contribution < 1.29 is 14.3 Å². The van der Waals surface area contributed by atoms with Gasteiger partial charge in [0.1, 0.15) is 11.8 Å². The Bertz CT molecular complexity index is 946. The van der Waals surface area contributed by atoms with E-state index in [4.69, 9.17) is 10.5 Å². The smallest absolute Gasteiger partial charge is 0.240 e. The van der Waals surface area contributed by atoms with Crippen molar-refractivity contribution in [1.82, 2.24) is 5.32 Å². The standard InChI is InChI=1S/C25H26N2O3/c1-25(19-9-5-3-6-10-19,20-11-7-4-8-12-20)24(29)27-22(23(26)28)17-18-13-15-21(30-2)16-14-18/h3-16,22H,17H2,1-2H3,(H2,26,28)(H,27,29)/t22-/m0/s1. The predicted molar refractivity (Wildman–Crippen MR) is 117 cm³/mol. The lowest BCUT2D eigenvalue weighted by Gasteiger charge is -2.31. The normalized spacial score (nSPS) is 12.1. The molecule has 0 radical (unpaired) electrons. The van der Waals surface area contributed by atoms with E-state index >= 15 is 0 Å². The minimum absolute atomic E-state index is 0.280. The molecule has 0 saturated heterocycles. The molecule has 30 heavy (non-hydrogen) atoms. The quantitative estimate of drug-likeness (QED) is 0.607. The highest BCUT2D eigenvalue weighted by atomic mass is 16.5. The van der Waals surface area contributed by atoms with Crippen molar-refractivity contribution in [3.63, 3.8) is 0 Å². The van der Waals surface area contributed by atoms with Gasteiger partial charge >= 0.3 is 0 Å². The molecular formula is C25H26N2O3. The molecule has 1 atom stereocenters. The molecule has 3 rings (SSSR count). The van der Waals surface area contributed by atoms with Crippen LogP contribution in [-0.2, 0) is 21.4 Å². The van der Waals surface area contributed by atoms with E-state index in [0.29, 0.717) is 6.42 Å². The monoisotopic (exact) mass is 402 g/mol. The maximum Gasteiger partial charge on any atom is 0.240 e. The zero-order valence-corrected chi connectivity index (χ0v) is 17.2. The summed E-state index contributed by atoms with van der Waals surface area (Å²) in [5.74, 6) is -0.140. The second-order valence-corrected chi connectivity index (χ2v) is 7.34. The van der Waals surface area contributed by atoms with Gasteiger partial charge in [-0.3, -0.25) is 9.59 Å². The Hall–Kier alpha value is -3.60. The van der Waals surface area contributed by atoms with Crippen LogP contribution in [0.15, 0.2) is 84.9 Å². The van der Waals surface area contributed by atoms with Crippen LogP contribution in [0.1, 0.15) is 23.6 Å². The fraction of sp³-hybridized carbons (Fsp3) is 0.200. The van der Waals surface area contributed by atoms with Crippen molar-refractivity contribution in [3.8, 4) is 5.75 Å². The van der Waals surface area contributed by atoms with E-state index in [1.165, 1.54) is 0 Å². The first-order chi connectivity index (χ1) is 14.4. The third-order valence-electron chi connectivity index (χ3n) is 5.40. The van der Waals surface area contributed by atoms with Crippen molar-refractivity contribution in [3.05, 3.63) is 102 Å². The molecule has 5 nitrogen and oxygen atoms in total. The van der Waals surface area contributed by atoms with Gasteiger partial charge in [0, 0.05) is 6.42 Å². The zero-order valence-electron chi connectivity index (χ0n) is 17.2. The van der Waals surface area contributed by atoms with Crippen molar-refractivity contribution in [1.29, 1.82) is 0 Å². The van der Waals surface area contributed by atoms with Crippen LogP contribution in [0.2, 0.25) is 0 Å². The van der Waals surface area contributed by atoms with E-state index in [1.807, 2.05) is 91.9 Å². The zero-order chi connectivity index (χ0) is 21.6. The largest absolute Gasteiger partial charge is 0.497 e. The number of ether oxygens (including phenoxy) is 1. The average Bonchev–Trinajstić information content (AvgIpc) is 2.79. The van der Waals surface area contributed by atoms with Crippen LogP contribution in [0, 0.1) is 0 Å². The molecule has 0 aromatic heterocycles. The Balaban J connectivity index is 1.90. The fourth-order valence-electron chi connectivity index (χ4n) is 3.49. The Morgan fingerprint density at radius 1 is 0.900 bits per heavy atom. The number of amides is 2. The number of hydrogen-bond acceptors (Lipinski definition) is 3. The molecule has 0 fully saturated rings. The van der Waals surface area contributed by atoms with Gasteiger partial charge in [-0.05, 0) is 35.7 Å². The summed E-state index contributed by atoms with van der Waals surface area (Å²) in [6, 6.07) is 25.5. The van der Waals surface area contributed by atoms with Gasteiger partial charge in [-0.15, -0.1) is 0 Å². The third kappa shape index (κ3) is 4.51. The molecule has 0 bridgehead atoms. The lowest BCUT2D eigenvalue weighted by Crippen LogP contribution is -2.52. The molecular weight excluding hydrogens is 376 g/mol. The van der Waals surface area contributed by atoms with E-state index in [0.717, 1.165) is 22.4 Å². The van der Waals surface area contributed by atoms with E-state index in [-0.39, 0.29) is 5.91 Å². The highest BCUT2D eigenvalue weighted by Gasteiger charge is 2.38. The lowest BCUT2D eigenvalue weighted by atomic mass is 9.75. The SMILES string of the molecule is COc1ccc(C[C@H](NC(=O)C(C)(c2ccccc2)c2ccccc2)C(N)=O)cc1. The van der Waals surface area contributed by atoms with Crippen molar-refractivity contribution in [2.75, 3.05) is 7.11 Å². The number of carbonyl (C=O) groups excluding carboxylic acids is 2. The van der Waals surface area contributed by atoms with E-state index < -0.39 is 17.4 Å². The second kappa shape index (κ2) is 9.27. The first-order valence-corrected chi connectivity index (χ1v) is 9.79. The Morgan fingerprint density at radius 2 is 1.40 bits per heavy atom. The molecule has 0 heterocycles. The van der Waals surface area contributed by atoms with Gasteiger partial charge in [-0.25, -0.2) is 0 Å². The molecule has 0 saturated carbocycles. The van der Waals surface area contributed by atoms with Crippen molar-refractivity contribution in [2.24, 2.45) is 5.73 Å². The molecule has 3 N–H and O–H groups in total. The molecule has 2 amide bonds. The number of carbonyl (C=O) groups is 2. The maximum atomic E-state index is 13.5. The van der Waals surface area contributed by atoms with Crippen LogP contribution in [0.4, 0.5) is 0 Å². The van der Waals surface area contributed by atoms with Gasteiger partial charge in [-0.2, -0.15) is 0 Å². The van der Waals surface area contributed by atoms with Gasteiger partial charge in [0.25, 0.3) is 0 Å². The third-order valence-corrected chi connectivity index (χ3v) is 5.40. The van der Waals surface area contributed by atoms with Crippen LogP contribution < -0.4 is 15.8 Å². The van der Waals surface area contributed by atoms with Gasteiger partial charge in [-0.1, -0.05) is 72.8 Å². The summed E-state index contributed by atoms with van der Waals surface area (Å²) in [7, 11) is 1.59. The Morgan fingerprint density at radius 3 is 1.83 bits per heavy atom. The number of nitrogens with two attached hydrogens (primary N) is 1. The van der Waals surface area contributed by atoms with Crippen molar-refractivity contribution >= 4 is 11.8 Å². The molecule has 0 aliphatic rings. The van der Waals surface area contributed by atoms with Crippen molar-refractivity contribution in [2.45, 2.75) is 24.8 Å². The topological polar surface area (TPSA) is 81.4 Å². The molecule has 3 aromatic carbocycles. The second-order valence-electron chi connectivity index (χ2n) is 7.34. The molecule has 0 unspecified atom stereocenters. The van der Waals surface area contributed by atoms with Crippen LogP contribution in [0.25, 0.3) is 0 Å². The number of primary amides is 1. The van der Waals surface area contributed by atoms with E-state index in [1.54, 1.807) is 7.11 Å². The first kappa shape index (κ1) is 21.1. The average molecular weight is 402 g/mol. The number of hydrogen-bond donors (Lipinski definition) is 2. The molecule has 154 valence electrons. The maximum absolute atomic E-state index is 13.5. The highest BCUT2D eigenvalue weighted by Crippen LogP contribution is 2.32.